The molecular formula is C24H31N5O3. The number of aromatic nitrogens is 3. The Labute approximate surface area is 189 Å². The maximum absolute atomic E-state index is 13.3. The molecule has 8 nitrogen and oxygen atoms in total. The first kappa shape index (κ1) is 22.2. The third-order valence-electron chi connectivity index (χ3n) is 5.75. The summed E-state index contributed by atoms with van der Waals surface area (Å²) in [5, 5.41) is 0. The van der Waals surface area contributed by atoms with E-state index in [4.69, 9.17) is 4.74 Å². The molecule has 0 bridgehead atoms. The van der Waals surface area contributed by atoms with Crippen LogP contribution in [0, 0.1) is 6.92 Å². The maximum atomic E-state index is 13.3. The van der Waals surface area contributed by atoms with Gasteiger partial charge in [-0.2, -0.15) is 0 Å². The van der Waals surface area contributed by atoms with Gasteiger partial charge in [0.25, 0.3) is 5.91 Å². The van der Waals surface area contributed by atoms with Crippen LogP contribution in [-0.2, 0) is 4.74 Å². The number of nitrogens with zero attached hydrogens (tertiary/aromatic N) is 5. The normalized spacial score (nSPS) is 17.2. The fourth-order valence-corrected chi connectivity index (χ4v) is 3.97. The molecule has 3 heterocycles. The zero-order valence-electron chi connectivity index (χ0n) is 19.2. The molecule has 0 atom stereocenters. The highest BCUT2D eigenvalue weighted by Gasteiger charge is 2.40. The second kappa shape index (κ2) is 8.84. The van der Waals surface area contributed by atoms with Gasteiger partial charge in [-0.25, -0.2) is 14.8 Å². The molecule has 1 aliphatic carbocycles. The second-order valence-corrected chi connectivity index (χ2v) is 9.63. The van der Waals surface area contributed by atoms with Crippen LogP contribution < -0.4 is 0 Å². The van der Waals surface area contributed by atoms with Gasteiger partial charge in [-0.3, -0.25) is 9.78 Å². The van der Waals surface area contributed by atoms with Crippen molar-refractivity contribution in [2.24, 2.45) is 0 Å². The Hall–Kier alpha value is -3.03. The summed E-state index contributed by atoms with van der Waals surface area (Å²) < 4.78 is 5.49. The first-order chi connectivity index (χ1) is 15.2. The quantitative estimate of drug-likeness (QED) is 0.722. The van der Waals surface area contributed by atoms with E-state index in [0.717, 1.165) is 36.9 Å². The number of ether oxygens (including phenoxy) is 1. The number of piperidine rings is 1. The van der Waals surface area contributed by atoms with Crippen molar-refractivity contribution in [2.75, 3.05) is 13.1 Å². The molecule has 0 spiro atoms. The SMILES string of the molecule is Cc1ccc(-c2ncc(C(=O)N(C3CC3)C3CCN(C(=O)OC(C)(C)C)CC3)cn2)cn1. The number of aryl methyl sites for hydroxylation is 1. The number of hydrogen-bond acceptors (Lipinski definition) is 6. The molecular weight excluding hydrogens is 406 g/mol. The van der Waals surface area contributed by atoms with Gasteiger partial charge >= 0.3 is 6.09 Å². The lowest BCUT2D eigenvalue weighted by atomic mass is 10.0. The van der Waals surface area contributed by atoms with Crippen LogP contribution in [0.4, 0.5) is 4.79 Å². The van der Waals surface area contributed by atoms with E-state index in [0.29, 0.717) is 24.5 Å². The summed E-state index contributed by atoms with van der Waals surface area (Å²) in [6.07, 6.45) is 8.20. The van der Waals surface area contributed by atoms with E-state index in [-0.39, 0.29) is 24.1 Å². The first-order valence-electron chi connectivity index (χ1n) is 11.3. The van der Waals surface area contributed by atoms with Gasteiger partial charge in [0.05, 0.1) is 5.56 Å². The molecule has 0 radical (unpaired) electrons. The van der Waals surface area contributed by atoms with Crippen LogP contribution in [0.15, 0.2) is 30.7 Å². The van der Waals surface area contributed by atoms with Gasteiger partial charge < -0.3 is 14.5 Å². The molecule has 8 heteroatoms. The van der Waals surface area contributed by atoms with Crippen molar-refractivity contribution in [2.45, 2.75) is 71.1 Å². The summed E-state index contributed by atoms with van der Waals surface area (Å²) in [5.74, 6) is 0.523. The summed E-state index contributed by atoms with van der Waals surface area (Å²) in [6.45, 7) is 8.71. The number of carbonyl (C=O) groups excluding carboxylic acids is 2. The van der Waals surface area contributed by atoms with Gasteiger partial charge in [0.1, 0.15) is 5.60 Å². The first-order valence-corrected chi connectivity index (χ1v) is 11.3. The van der Waals surface area contributed by atoms with Gasteiger partial charge in [-0.1, -0.05) is 0 Å². The van der Waals surface area contributed by atoms with Gasteiger partial charge in [0.2, 0.25) is 0 Å². The van der Waals surface area contributed by atoms with Crippen molar-refractivity contribution in [1.29, 1.82) is 0 Å². The number of carbonyl (C=O) groups is 2. The van der Waals surface area contributed by atoms with E-state index in [2.05, 4.69) is 15.0 Å². The molecule has 32 heavy (non-hydrogen) atoms. The molecule has 2 amide bonds. The fourth-order valence-electron chi connectivity index (χ4n) is 3.97. The predicted molar refractivity (Wildman–Crippen MR) is 120 cm³/mol. The van der Waals surface area contributed by atoms with Crippen molar-refractivity contribution in [1.82, 2.24) is 24.8 Å². The molecule has 2 aromatic rings. The van der Waals surface area contributed by atoms with Crippen molar-refractivity contribution in [3.8, 4) is 11.4 Å². The third kappa shape index (κ3) is 5.23. The molecule has 0 N–H and O–H groups in total. The molecule has 2 aliphatic rings. The Morgan fingerprint density at radius 1 is 0.969 bits per heavy atom. The second-order valence-electron chi connectivity index (χ2n) is 9.63. The fraction of sp³-hybridized carbons (Fsp3) is 0.542. The molecule has 2 fully saturated rings. The van der Waals surface area contributed by atoms with Crippen LogP contribution in [0.25, 0.3) is 11.4 Å². The molecule has 1 aliphatic heterocycles. The van der Waals surface area contributed by atoms with Gasteiger partial charge in [0, 0.05) is 55.0 Å². The average Bonchev–Trinajstić information content (AvgIpc) is 3.59. The van der Waals surface area contributed by atoms with Crippen LogP contribution in [0.3, 0.4) is 0 Å². The van der Waals surface area contributed by atoms with E-state index < -0.39 is 5.60 Å². The summed E-state index contributed by atoms with van der Waals surface area (Å²) >= 11 is 0. The van der Waals surface area contributed by atoms with Gasteiger partial charge in [-0.15, -0.1) is 0 Å². The summed E-state index contributed by atoms with van der Waals surface area (Å²) in [7, 11) is 0. The molecule has 0 unspecified atom stereocenters. The monoisotopic (exact) mass is 437 g/mol. The highest BCUT2D eigenvalue weighted by atomic mass is 16.6. The largest absolute Gasteiger partial charge is 0.444 e. The Bertz CT molecular complexity index is 957. The molecule has 1 saturated carbocycles. The Balaban J connectivity index is 1.42. The van der Waals surface area contributed by atoms with Crippen LogP contribution in [-0.4, -0.2) is 67.5 Å². The number of hydrogen-bond donors (Lipinski definition) is 0. The van der Waals surface area contributed by atoms with Crippen molar-refractivity contribution in [3.05, 3.63) is 42.0 Å². The minimum Gasteiger partial charge on any atom is -0.444 e. The summed E-state index contributed by atoms with van der Waals surface area (Å²) in [4.78, 5) is 42.5. The zero-order chi connectivity index (χ0) is 22.9. The van der Waals surface area contributed by atoms with E-state index in [1.807, 2.05) is 44.7 Å². The minimum absolute atomic E-state index is 0.0307. The van der Waals surface area contributed by atoms with Crippen LogP contribution in [0.1, 0.15) is 62.5 Å². The maximum Gasteiger partial charge on any atom is 0.410 e. The number of rotatable bonds is 4. The third-order valence-corrected chi connectivity index (χ3v) is 5.75. The van der Waals surface area contributed by atoms with Crippen LogP contribution in [0.2, 0.25) is 0 Å². The predicted octanol–water partition coefficient (Wildman–Crippen LogP) is 3.85. The highest BCUT2D eigenvalue weighted by molar-refractivity contribution is 5.94. The topological polar surface area (TPSA) is 88.5 Å². The van der Waals surface area contributed by atoms with Crippen LogP contribution >= 0.6 is 0 Å². The highest BCUT2D eigenvalue weighted by Crippen LogP contribution is 2.33. The smallest absolute Gasteiger partial charge is 0.410 e. The van der Waals surface area contributed by atoms with E-state index >= 15 is 0 Å². The minimum atomic E-state index is -0.509. The van der Waals surface area contributed by atoms with Crippen molar-refractivity contribution < 1.29 is 14.3 Å². The summed E-state index contributed by atoms with van der Waals surface area (Å²) in [6, 6.07) is 4.21. The molecule has 4 rings (SSSR count). The Morgan fingerprint density at radius 3 is 2.12 bits per heavy atom. The molecule has 2 aromatic heterocycles. The van der Waals surface area contributed by atoms with E-state index in [1.54, 1.807) is 23.5 Å². The lowest BCUT2D eigenvalue weighted by molar-refractivity contribution is 0.0142. The number of likely N-dealkylation sites (tertiary alicyclic amines) is 1. The Kier molecular flexibility index (Phi) is 6.13. The summed E-state index contributed by atoms with van der Waals surface area (Å²) in [5.41, 5.74) is 1.74. The molecule has 170 valence electrons. The van der Waals surface area contributed by atoms with E-state index in [9.17, 15) is 9.59 Å². The zero-order valence-corrected chi connectivity index (χ0v) is 19.2. The standard InChI is InChI=1S/C24H31N5O3/c1-16-5-6-17(13-25-16)21-26-14-18(15-27-21)22(30)29(19-7-8-19)20-9-11-28(12-10-20)23(31)32-24(2,3)4/h5-6,13-15,19-20H,7-12H2,1-4H3. The average molecular weight is 438 g/mol. The van der Waals surface area contributed by atoms with Crippen molar-refractivity contribution >= 4 is 12.0 Å². The number of amides is 2. The molecule has 0 aromatic carbocycles. The Morgan fingerprint density at radius 2 is 1.59 bits per heavy atom. The lowest BCUT2D eigenvalue weighted by Gasteiger charge is -2.39. The van der Waals surface area contributed by atoms with Gasteiger partial charge in [0.15, 0.2) is 5.82 Å². The van der Waals surface area contributed by atoms with Crippen molar-refractivity contribution in [3.63, 3.8) is 0 Å². The van der Waals surface area contributed by atoms with Gasteiger partial charge in [-0.05, 0) is 65.5 Å². The lowest BCUT2D eigenvalue weighted by Crippen LogP contribution is -2.50. The van der Waals surface area contributed by atoms with Crippen LogP contribution in [0.5, 0.6) is 0 Å². The van der Waals surface area contributed by atoms with E-state index in [1.165, 1.54) is 0 Å². The molecule has 1 saturated heterocycles. The number of pyridine rings is 1.